The molecule has 0 saturated heterocycles. The van der Waals surface area contributed by atoms with E-state index in [1.54, 1.807) is 6.07 Å². The molecule has 3 nitrogen and oxygen atoms in total. The molecule has 0 radical (unpaired) electrons. The lowest BCUT2D eigenvalue weighted by Gasteiger charge is -2.23. The number of ether oxygens (including phenoxy) is 1. The lowest BCUT2D eigenvalue weighted by atomic mass is 9.92. The Morgan fingerprint density at radius 2 is 2.19 bits per heavy atom. The first-order valence-corrected chi connectivity index (χ1v) is 5.40. The molecule has 1 unspecified atom stereocenters. The van der Waals surface area contributed by atoms with Crippen molar-refractivity contribution in [2.75, 3.05) is 7.11 Å². The van der Waals surface area contributed by atoms with Gasteiger partial charge in [-0.15, -0.1) is 0 Å². The largest absolute Gasteiger partial charge is 0.494 e. The summed E-state index contributed by atoms with van der Waals surface area (Å²) < 4.78 is 18.5. The Morgan fingerprint density at radius 1 is 1.50 bits per heavy atom. The molecule has 1 aromatic carbocycles. The summed E-state index contributed by atoms with van der Waals surface area (Å²) in [7, 11) is 1.46. The van der Waals surface area contributed by atoms with Crippen molar-refractivity contribution < 1.29 is 9.13 Å². The summed E-state index contributed by atoms with van der Waals surface area (Å²) in [6.45, 7) is 2.15. The molecule has 1 saturated carbocycles. The number of nitrogens with one attached hydrogen (secondary N) is 1. The highest BCUT2D eigenvalue weighted by atomic mass is 19.1. The average molecular weight is 224 g/mol. The molecule has 0 heterocycles. The van der Waals surface area contributed by atoms with E-state index in [-0.39, 0.29) is 23.0 Å². The summed E-state index contributed by atoms with van der Waals surface area (Å²) in [5, 5.41) is 0. The summed E-state index contributed by atoms with van der Waals surface area (Å²) in [6, 6.07) is 5.00. The zero-order valence-electron chi connectivity index (χ0n) is 9.59. The van der Waals surface area contributed by atoms with Crippen molar-refractivity contribution >= 4 is 0 Å². The second kappa shape index (κ2) is 4.03. The molecule has 16 heavy (non-hydrogen) atoms. The molecule has 4 heteroatoms. The lowest BCUT2D eigenvalue weighted by molar-refractivity contribution is 0.364. The van der Waals surface area contributed by atoms with Crippen LogP contribution in [0.3, 0.4) is 0 Å². The Hall–Kier alpha value is -1.13. The van der Waals surface area contributed by atoms with Gasteiger partial charge in [0.05, 0.1) is 13.2 Å². The van der Waals surface area contributed by atoms with Crippen molar-refractivity contribution in [2.24, 2.45) is 11.3 Å². The molecule has 2 rings (SSSR count). The smallest absolute Gasteiger partial charge is 0.165 e. The Bertz CT molecular complexity index is 391. The minimum atomic E-state index is -0.343. The van der Waals surface area contributed by atoms with E-state index in [1.807, 2.05) is 6.07 Å². The van der Waals surface area contributed by atoms with Gasteiger partial charge in [-0.25, -0.2) is 4.39 Å². The molecule has 1 aliphatic rings. The first-order chi connectivity index (χ1) is 7.60. The number of methoxy groups -OCH3 is 1. The fourth-order valence-corrected chi connectivity index (χ4v) is 2.05. The van der Waals surface area contributed by atoms with Crippen LogP contribution in [0, 0.1) is 11.2 Å². The molecule has 1 fully saturated rings. The van der Waals surface area contributed by atoms with Gasteiger partial charge < -0.3 is 4.74 Å². The highest BCUT2D eigenvalue weighted by molar-refractivity contribution is 5.32. The van der Waals surface area contributed by atoms with E-state index < -0.39 is 0 Å². The molecule has 1 atom stereocenters. The molecule has 0 spiro atoms. The van der Waals surface area contributed by atoms with Crippen LogP contribution in [-0.2, 0) is 0 Å². The van der Waals surface area contributed by atoms with Crippen molar-refractivity contribution in [2.45, 2.75) is 25.8 Å². The molecule has 0 aliphatic heterocycles. The van der Waals surface area contributed by atoms with Gasteiger partial charge in [-0.05, 0) is 36.0 Å². The average Bonchev–Trinajstić information content (AvgIpc) is 2.98. The number of hydrazine groups is 1. The number of hydrogen-bond acceptors (Lipinski definition) is 3. The third-order valence-corrected chi connectivity index (χ3v) is 3.41. The van der Waals surface area contributed by atoms with Crippen LogP contribution in [0.2, 0.25) is 0 Å². The molecule has 88 valence electrons. The topological polar surface area (TPSA) is 47.3 Å². The van der Waals surface area contributed by atoms with Gasteiger partial charge >= 0.3 is 0 Å². The van der Waals surface area contributed by atoms with Gasteiger partial charge in [0.15, 0.2) is 11.6 Å². The van der Waals surface area contributed by atoms with Crippen molar-refractivity contribution in [3.8, 4) is 5.75 Å². The van der Waals surface area contributed by atoms with E-state index in [0.29, 0.717) is 0 Å². The van der Waals surface area contributed by atoms with Crippen molar-refractivity contribution in [3.63, 3.8) is 0 Å². The lowest BCUT2D eigenvalue weighted by Crippen LogP contribution is -2.33. The van der Waals surface area contributed by atoms with Gasteiger partial charge in [0.2, 0.25) is 0 Å². The molecule has 0 bridgehead atoms. The van der Waals surface area contributed by atoms with E-state index in [4.69, 9.17) is 10.6 Å². The van der Waals surface area contributed by atoms with Crippen LogP contribution in [0.1, 0.15) is 31.4 Å². The van der Waals surface area contributed by atoms with Crippen molar-refractivity contribution in [1.29, 1.82) is 0 Å². The summed E-state index contributed by atoms with van der Waals surface area (Å²) in [4.78, 5) is 0. The van der Waals surface area contributed by atoms with Gasteiger partial charge in [0, 0.05) is 0 Å². The molecule has 1 aliphatic carbocycles. The van der Waals surface area contributed by atoms with Crippen LogP contribution in [0.5, 0.6) is 5.75 Å². The number of rotatable bonds is 4. The minimum Gasteiger partial charge on any atom is -0.494 e. The van der Waals surface area contributed by atoms with Gasteiger partial charge in [-0.2, -0.15) is 0 Å². The molecule has 1 aromatic rings. The SMILES string of the molecule is COc1ccc(C(NN)C2(C)CC2)cc1F. The predicted molar refractivity (Wildman–Crippen MR) is 60.4 cm³/mol. The van der Waals surface area contributed by atoms with Crippen LogP contribution in [0.15, 0.2) is 18.2 Å². The first-order valence-electron chi connectivity index (χ1n) is 5.40. The Kier molecular flexibility index (Phi) is 2.86. The summed E-state index contributed by atoms with van der Waals surface area (Å²) in [5.41, 5.74) is 3.82. The Balaban J connectivity index is 2.29. The van der Waals surface area contributed by atoms with Crippen LogP contribution >= 0.6 is 0 Å². The summed E-state index contributed by atoms with van der Waals surface area (Å²) in [5.74, 6) is 5.47. The minimum absolute atomic E-state index is 0.00732. The maximum absolute atomic E-state index is 13.6. The number of halogens is 1. The fourth-order valence-electron chi connectivity index (χ4n) is 2.05. The number of nitrogens with two attached hydrogens (primary N) is 1. The Labute approximate surface area is 94.8 Å². The zero-order valence-corrected chi connectivity index (χ0v) is 9.59. The maximum atomic E-state index is 13.6. The molecular formula is C12H17FN2O. The summed E-state index contributed by atoms with van der Waals surface area (Å²) in [6.07, 6.45) is 2.24. The normalized spacial score (nSPS) is 19.2. The van der Waals surface area contributed by atoms with Crippen molar-refractivity contribution in [1.82, 2.24) is 5.43 Å². The predicted octanol–water partition coefficient (Wildman–Crippen LogP) is 2.14. The quantitative estimate of drug-likeness (QED) is 0.608. The van der Waals surface area contributed by atoms with Gasteiger partial charge in [-0.1, -0.05) is 13.0 Å². The highest BCUT2D eigenvalue weighted by Gasteiger charge is 2.45. The third kappa shape index (κ3) is 1.90. The number of hydrogen-bond donors (Lipinski definition) is 2. The monoisotopic (exact) mass is 224 g/mol. The van der Waals surface area contributed by atoms with E-state index in [9.17, 15) is 4.39 Å². The Morgan fingerprint density at radius 3 is 2.62 bits per heavy atom. The number of benzene rings is 1. The second-order valence-corrected chi connectivity index (χ2v) is 4.65. The molecule has 3 N–H and O–H groups in total. The van der Waals surface area contributed by atoms with Gasteiger partial charge in [-0.3, -0.25) is 11.3 Å². The maximum Gasteiger partial charge on any atom is 0.165 e. The van der Waals surface area contributed by atoms with E-state index >= 15 is 0 Å². The first kappa shape index (κ1) is 11.4. The molecular weight excluding hydrogens is 207 g/mol. The van der Waals surface area contributed by atoms with E-state index in [1.165, 1.54) is 13.2 Å². The molecule has 0 aromatic heterocycles. The highest BCUT2D eigenvalue weighted by Crippen LogP contribution is 2.54. The zero-order chi connectivity index (χ0) is 11.8. The van der Waals surface area contributed by atoms with Crippen LogP contribution in [-0.4, -0.2) is 7.11 Å². The van der Waals surface area contributed by atoms with Crippen LogP contribution in [0.25, 0.3) is 0 Å². The van der Waals surface area contributed by atoms with E-state index in [0.717, 1.165) is 18.4 Å². The van der Waals surface area contributed by atoms with Crippen molar-refractivity contribution in [3.05, 3.63) is 29.6 Å². The van der Waals surface area contributed by atoms with Crippen LogP contribution < -0.4 is 16.0 Å². The fraction of sp³-hybridized carbons (Fsp3) is 0.500. The second-order valence-electron chi connectivity index (χ2n) is 4.65. The van der Waals surface area contributed by atoms with Gasteiger partial charge in [0.1, 0.15) is 0 Å². The third-order valence-electron chi connectivity index (χ3n) is 3.41. The summed E-state index contributed by atoms with van der Waals surface area (Å²) >= 11 is 0. The molecule has 0 amide bonds. The standard InChI is InChI=1S/C12H17FN2O/c1-12(5-6-12)11(15-14)8-3-4-10(16-2)9(13)7-8/h3-4,7,11,15H,5-6,14H2,1-2H3. The van der Waals surface area contributed by atoms with Crippen LogP contribution in [0.4, 0.5) is 4.39 Å². The van der Waals surface area contributed by atoms with E-state index in [2.05, 4.69) is 12.3 Å². The van der Waals surface area contributed by atoms with Gasteiger partial charge in [0.25, 0.3) is 0 Å².